The molecule has 76 valence electrons. The molecule has 0 aromatic heterocycles. The third-order valence-corrected chi connectivity index (χ3v) is 4.24. The van der Waals surface area contributed by atoms with Crippen molar-refractivity contribution in [3.63, 3.8) is 0 Å². The lowest BCUT2D eigenvalue weighted by Crippen LogP contribution is -2.28. The van der Waals surface area contributed by atoms with Gasteiger partial charge in [0.1, 0.15) is 0 Å². The maximum atomic E-state index is 9.98. The van der Waals surface area contributed by atoms with Crippen LogP contribution >= 0.6 is 0 Å². The van der Waals surface area contributed by atoms with Gasteiger partial charge >= 0.3 is 0 Å². The minimum atomic E-state index is -0.206. The van der Waals surface area contributed by atoms with Crippen LogP contribution in [0.3, 0.4) is 0 Å². The van der Waals surface area contributed by atoms with Crippen LogP contribution in [-0.4, -0.2) is 10.7 Å². The third-order valence-electron chi connectivity index (χ3n) is 4.24. The van der Waals surface area contributed by atoms with E-state index >= 15 is 0 Å². The molecule has 0 atom stereocenters. The lowest BCUT2D eigenvalue weighted by atomic mass is 9.74. The molecule has 0 radical (unpaired) electrons. The minimum Gasteiger partial charge on any atom is -0.390 e. The Morgan fingerprint density at radius 3 is 2.00 bits per heavy atom. The summed E-state index contributed by atoms with van der Waals surface area (Å²) in [6.45, 7) is 4.66. The van der Waals surface area contributed by atoms with Crippen molar-refractivity contribution in [3.05, 3.63) is 0 Å². The maximum Gasteiger partial charge on any atom is 0.0678 e. The van der Waals surface area contributed by atoms with Gasteiger partial charge in [0.2, 0.25) is 0 Å². The fourth-order valence-corrected chi connectivity index (χ4v) is 2.86. The summed E-state index contributed by atoms with van der Waals surface area (Å²) in [5.74, 6) is 2.41. The normalized spacial score (nSPS) is 37.8. The highest BCUT2D eigenvalue weighted by atomic mass is 16.3. The van der Waals surface area contributed by atoms with E-state index in [9.17, 15) is 5.11 Å². The van der Waals surface area contributed by atoms with Crippen LogP contribution in [0.5, 0.6) is 0 Å². The van der Waals surface area contributed by atoms with Gasteiger partial charge < -0.3 is 5.11 Å². The van der Waals surface area contributed by atoms with Crippen molar-refractivity contribution in [2.24, 2.45) is 17.8 Å². The van der Waals surface area contributed by atoms with Crippen LogP contribution < -0.4 is 0 Å². The van der Waals surface area contributed by atoms with Crippen LogP contribution in [0.25, 0.3) is 0 Å². The van der Waals surface area contributed by atoms with Crippen LogP contribution in [0.1, 0.15) is 52.4 Å². The Labute approximate surface area is 81.5 Å². The Morgan fingerprint density at radius 2 is 1.62 bits per heavy atom. The Bertz CT molecular complexity index is 174. The summed E-state index contributed by atoms with van der Waals surface area (Å²) in [7, 11) is 0. The van der Waals surface area contributed by atoms with Crippen molar-refractivity contribution >= 4 is 0 Å². The van der Waals surface area contributed by atoms with E-state index in [1.807, 2.05) is 0 Å². The number of hydrogen-bond acceptors (Lipinski definition) is 1. The number of aliphatic hydroxyl groups is 1. The maximum absolute atomic E-state index is 9.98. The van der Waals surface area contributed by atoms with Crippen LogP contribution in [0, 0.1) is 17.8 Å². The third kappa shape index (κ3) is 1.90. The molecule has 13 heavy (non-hydrogen) atoms. The van der Waals surface area contributed by atoms with Gasteiger partial charge in [-0.15, -0.1) is 0 Å². The molecule has 2 fully saturated rings. The molecule has 2 aliphatic rings. The van der Waals surface area contributed by atoms with E-state index < -0.39 is 0 Å². The van der Waals surface area contributed by atoms with Crippen molar-refractivity contribution in [1.29, 1.82) is 0 Å². The van der Waals surface area contributed by atoms with E-state index in [1.165, 1.54) is 25.7 Å². The molecule has 0 aromatic rings. The van der Waals surface area contributed by atoms with Crippen LogP contribution in [-0.2, 0) is 0 Å². The van der Waals surface area contributed by atoms with E-state index in [0.29, 0.717) is 5.92 Å². The monoisotopic (exact) mass is 182 g/mol. The summed E-state index contributed by atoms with van der Waals surface area (Å²) in [5.41, 5.74) is -0.206. The molecule has 1 heteroatoms. The van der Waals surface area contributed by atoms with Gasteiger partial charge in [0.15, 0.2) is 0 Å². The molecule has 1 N–H and O–H groups in total. The summed E-state index contributed by atoms with van der Waals surface area (Å²) in [4.78, 5) is 0. The van der Waals surface area contributed by atoms with Crippen LogP contribution in [0.15, 0.2) is 0 Å². The highest BCUT2D eigenvalue weighted by molar-refractivity contribution is 5.00. The standard InChI is InChI=1S/C12H22O/c1-9(2)10-3-5-11(6-4-10)12(13)7-8-12/h9-11,13H,3-8H2,1-2H3. The highest BCUT2D eigenvalue weighted by Crippen LogP contribution is 2.49. The Balaban J connectivity index is 1.82. The quantitative estimate of drug-likeness (QED) is 0.696. The first-order valence-electron chi connectivity index (χ1n) is 5.84. The predicted molar refractivity (Wildman–Crippen MR) is 54.5 cm³/mol. The van der Waals surface area contributed by atoms with Crippen LogP contribution in [0.2, 0.25) is 0 Å². The number of hydrogen-bond donors (Lipinski definition) is 1. The lowest BCUT2D eigenvalue weighted by Gasteiger charge is -2.33. The molecular weight excluding hydrogens is 160 g/mol. The van der Waals surface area contributed by atoms with E-state index in [4.69, 9.17) is 0 Å². The zero-order chi connectivity index (χ0) is 9.47. The molecule has 2 aliphatic carbocycles. The summed E-state index contributed by atoms with van der Waals surface area (Å²) in [5, 5.41) is 9.98. The molecule has 0 heterocycles. The van der Waals surface area contributed by atoms with E-state index in [-0.39, 0.29) is 5.60 Å². The average molecular weight is 182 g/mol. The minimum absolute atomic E-state index is 0.206. The number of rotatable bonds is 2. The first-order valence-corrected chi connectivity index (χ1v) is 5.84. The summed E-state index contributed by atoms with van der Waals surface area (Å²) in [6, 6.07) is 0. The molecule has 1 nitrogen and oxygen atoms in total. The zero-order valence-electron chi connectivity index (χ0n) is 8.92. The first-order chi connectivity index (χ1) is 6.12. The first kappa shape index (κ1) is 9.51. The van der Waals surface area contributed by atoms with Crippen molar-refractivity contribution < 1.29 is 5.11 Å². The van der Waals surface area contributed by atoms with Gasteiger partial charge in [0.25, 0.3) is 0 Å². The molecular formula is C12H22O. The van der Waals surface area contributed by atoms with Gasteiger partial charge in [-0.3, -0.25) is 0 Å². The van der Waals surface area contributed by atoms with Crippen molar-refractivity contribution in [2.75, 3.05) is 0 Å². The smallest absolute Gasteiger partial charge is 0.0678 e. The van der Waals surface area contributed by atoms with Gasteiger partial charge in [-0.2, -0.15) is 0 Å². The molecule has 0 amide bonds. The van der Waals surface area contributed by atoms with Gasteiger partial charge in [0, 0.05) is 0 Å². The molecule has 2 saturated carbocycles. The Hall–Kier alpha value is -0.0400. The summed E-state index contributed by atoms with van der Waals surface area (Å²) >= 11 is 0. The van der Waals surface area contributed by atoms with Crippen molar-refractivity contribution in [3.8, 4) is 0 Å². The van der Waals surface area contributed by atoms with Crippen LogP contribution in [0.4, 0.5) is 0 Å². The Morgan fingerprint density at radius 1 is 1.08 bits per heavy atom. The second kappa shape index (κ2) is 3.27. The van der Waals surface area contributed by atoms with Gasteiger partial charge in [0.05, 0.1) is 5.60 Å². The molecule has 0 aromatic carbocycles. The van der Waals surface area contributed by atoms with E-state index in [1.54, 1.807) is 0 Å². The van der Waals surface area contributed by atoms with Gasteiger partial charge in [-0.1, -0.05) is 13.8 Å². The topological polar surface area (TPSA) is 20.2 Å². The second-order valence-electron chi connectivity index (χ2n) is 5.46. The van der Waals surface area contributed by atoms with E-state index in [2.05, 4.69) is 13.8 Å². The average Bonchev–Trinajstić information content (AvgIpc) is 2.85. The second-order valence-corrected chi connectivity index (χ2v) is 5.46. The highest BCUT2D eigenvalue weighted by Gasteiger charge is 2.48. The molecule has 0 saturated heterocycles. The largest absolute Gasteiger partial charge is 0.390 e. The van der Waals surface area contributed by atoms with Crippen molar-refractivity contribution in [2.45, 2.75) is 58.0 Å². The molecule has 0 aliphatic heterocycles. The lowest BCUT2D eigenvalue weighted by molar-refractivity contribution is 0.0456. The Kier molecular flexibility index (Phi) is 2.39. The predicted octanol–water partition coefficient (Wildman–Crippen LogP) is 2.97. The van der Waals surface area contributed by atoms with Crippen molar-refractivity contribution in [1.82, 2.24) is 0 Å². The fraction of sp³-hybridized carbons (Fsp3) is 1.00. The molecule has 2 rings (SSSR count). The molecule has 0 spiro atoms. The van der Waals surface area contributed by atoms with E-state index in [0.717, 1.165) is 24.7 Å². The van der Waals surface area contributed by atoms with Gasteiger partial charge in [-0.25, -0.2) is 0 Å². The fourth-order valence-electron chi connectivity index (χ4n) is 2.86. The molecule has 0 unspecified atom stereocenters. The molecule has 0 bridgehead atoms. The summed E-state index contributed by atoms with van der Waals surface area (Å²) in [6.07, 6.45) is 7.40. The van der Waals surface area contributed by atoms with Gasteiger partial charge in [-0.05, 0) is 56.3 Å². The zero-order valence-corrected chi connectivity index (χ0v) is 8.92. The summed E-state index contributed by atoms with van der Waals surface area (Å²) < 4.78 is 0. The SMILES string of the molecule is CC(C)C1CCC(C2(O)CC2)CC1.